The third-order valence-corrected chi connectivity index (χ3v) is 4.29. The minimum absolute atomic E-state index is 0.193. The van der Waals surface area contributed by atoms with Crippen LogP contribution in [0.3, 0.4) is 0 Å². The molecule has 1 saturated heterocycles. The smallest absolute Gasteiger partial charge is 0.311 e. The second kappa shape index (κ2) is 6.89. The summed E-state index contributed by atoms with van der Waals surface area (Å²) in [6.07, 6.45) is 5.62. The Labute approximate surface area is 115 Å². The van der Waals surface area contributed by atoms with Gasteiger partial charge < -0.3 is 15.5 Å². The summed E-state index contributed by atoms with van der Waals surface area (Å²) in [4.78, 5) is 25.6. The second-order valence-corrected chi connectivity index (χ2v) is 5.65. The van der Waals surface area contributed by atoms with E-state index in [1.807, 2.05) is 0 Å². The number of amides is 2. The summed E-state index contributed by atoms with van der Waals surface area (Å²) in [5, 5.41) is 6.11. The van der Waals surface area contributed by atoms with Crippen LogP contribution in [0.4, 0.5) is 0 Å². The molecule has 1 heterocycles. The number of carbonyl (C=O) groups is 2. The first-order valence-corrected chi connectivity index (χ1v) is 7.51. The van der Waals surface area contributed by atoms with Gasteiger partial charge in [0.15, 0.2) is 0 Å². The van der Waals surface area contributed by atoms with Crippen molar-refractivity contribution in [2.75, 3.05) is 26.2 Å². The van der Waals surface area contributed by atoms with Gasteiger partial charge in [0.2, 0.25) is 0 Å². The molecule has 0 aromatic rings. The van der Waals surface area contributed by atoms with Gasteiger partial charge in [-0.15, -0.1) is 0 Å². The first-order valence-electron chi connectivity index (χ1n) is 7.51. The van der Waals surface area contributed by atoms with Crippen LogP contribution in [0, 0.1) is 5.92 Å². The highest BCUT2D eigenvalue weighted by molar-refractivity contribution is 6.35. The topological polar surface area (TPSA) is 61.4 Å². The predicted molar refractivity (Wildman–Crippen MR) is 73.6 cm³/mol. The summed E-state index contributed by atoms with van der Waals surface area (Å²) < 4.78 is 0. The zero-order chi connectivity index (χ0) is 13.7. The molecule has 19 heavy (non-hydrogen) atoms. The maximum absolute atomic E-state index is 12.0. The molecule has 5 nitrogen and oxygen atoms in total. The van der Waals surface area contributed by atoms with Crippen molar-refractivity contribution in [1.82, 2.24) is 15.5 Å². The average Bonchev–Trinajstić information content (AvgIpc) is 2.47. The summed E-state index contributed by atoms with van der Waals surface area (Å²) in [6, 6.07) is 0.193. The third-order valence-electron chi connectivity index (χ3n) is 4.29. The molecule has 1 saturated carbocycles. The van der Waals surface area contributed by atoms with E-state index in [0.717, 1.165) is 38.8 Å². The molecule has 2 amide bonds. The van der Waals surface area contributed by atoms with Crippen molar-refractivity contribution in [2.24, 2.45) is 5.92 Å². The van der Waals surface area contributed by atoms with Crippen molar-refractivity contribution in [2.45, 2.75) is 45.1 Å². The van der Waals surface area contributed by atoms with Gasteiger partial charge in [-0.25, -0.2) is 0 Å². The summed E-state index contributed by atoms with van der Waals surface area (Å²) in [5.41, 5.74) is 0. The van der Waals surface area contributed by atoms with Gasteiger partial charge in [0.25, 0.3) is 0 Å². The molecule has 2 aliphatic rings. The van der Waals surface area contributed by atoms with Crippen LogP contribution < -0.4 is 10.6 Å². The summed E-state index contributed by atoms with van der Waals surface area (Å²) in [7, 11) is 0. The number of hydrogen-bond donors (Lipinski definition) is 2. The van der Waals surface area contributed by atoms with E-state index >= 15 is 0 Å². The predicted octanol–water partition coefficient (Wildman–Crippen LogP) is 0.503. The molecule has 0 aromatic heterocycles. The van der Waals surface area contributed by atoms with E-state index in [-0.39, 0.29) is 11.9 Å². The number of piperazine rings is 1. The van der Waals surface area contributed by atoms with Crippen molar-refractivity contribution in [3.8, 4) is 0 Å². The Morgan fingerprint density at radius 1 is 1.26 bits per heavy atom. The van der Waals surface area contributed by atoms with Crippen LogP contribution in [-0.2, 0) is 9.59 Å². The molecule has 1 aliphatic heterocycles. The zero-order valence-electron chi connectivity index (χ0n) is 11.8. The lowest BCUT2D eigenvalue weighted by atomic mass is 9.84. The van der Waals surface area contributed by atoms with Crippen molar-refractivity contribution < 1.29 is 9.59 Å². The van der Waals surface area contributed by atoms with E-state index in [9.17, 15) is 9.59 Å². The highest BCUT2D eigenvalue weighted by Gasteiger charge is 2.27. The van der Waals surface area contributed by atoms with Gasteiger partial charge in [-0.3, -0.25) is 9.59 Å². The Morgan fingerprint density at radius 3 is 2.68 bits per heavy atom. The number of nitrogens with zero attached hydrogens (tertiary/aromatic N) is 1. The fourth-order valence-corrected chi connectivity index (χ4v) is 3.05. The van der Waals surface area contributed by atoms with E-state index in [2.05, 4.69) is 17.6 Å². The number of carbonyl (C=O) groups excluding carboxylic acids is 2. The van der Waals surface area contributed by atoms with Crippen molar-refractivity contribution in [3.63, 3.8) is 0 Å². The highest BCUT2D eigenvalue weighted by Crippen LogP contribution is 2.26. The van der Waals surface area contributed by atoms with E-state index in [1.54, 1.807) is 4.90 Å². The van der Waals surface area contributed by atoms with E-state index in [4.69, 9.17) is 0 Å². The van der Waals surface area contributed by atoms with Gasteiger partial charge in [0, 0.05) is 32.2 Å². The molecule has 0 spiro atoms. The minimum Gasteiger partial charge on any atom is -0.345 e. The lowest BCUT2D eigenvalue weighted by Gasteiger charge is -2.31. The third kappa shape index (κ3) is 3.93. The van der Waals surface area contributed by atoms with Crippen LogP contribution >= 0.6 is 0 Å². The number of nitrogens with one attached hydrogen (secondary N) is 2. The molecule has 2 fully saturated rings. The molecule has 2 atom stereocenters. The minimum atomic E-state index is -0.413. The van der Waals surface area contributed by atoms with Crippen molar-refractivity contribution >= 4 is 11.8 Å². The molecule has 1 aliphatic carbocycles. The first-order chi connectivity index (χ1) is 9.20. The Kier molecular flexibility index (Phi) is 5.19. The Hall–Kier alpha value is -1.10. The number of hydrogen-bond acceptors (Lipinski definition) is 3. The maximum atomic E-state index is 12.0. The van der Waals surface area contributed by atoms with Crippen LogP contribution in [0.25, 0.3) is 0 Å². The quantitative estimate of drug-likeness (QED) is 0.716. The van der Waals surface area contributed by atoms with Crippen LogP contribution in [0.15, 0.2) is 0 Å². The molecule has 108 valence electrons. The highest BCUT2D eigenvalue weighted by atomic mass is 16.2. The fourth-order valence-electron chi connectivity index (χ4n) is 3.05. The second-order valence-electron chi connectivity index (χ2n) is 5.65. The zero-order valence-corrected chi connectivity index (χ0v) is 11.8. The Morgan fingerprint density at radius 2 is 2.00 bits per heavy atom. The van der Waals surface area contributed by atoms with Crippen LogP contribution in [0.2, 0.25) is 0 Å². The van der Waals surface area contributed by atoms with Gasteiger partial charge in [0.05, 0.1) is 0 Å². The van der Waals surface area contributed by atoms with E-state index < -0.39 is 5.91 Å². The van der Waals surface area contributed by atoms with Gasteiger partial charge in [0.1, 0.15) is 0 Å². The first kappa shape index (κ1) is 14.3. The molecular weight excluding hydrogens is 242 g/mol. The lowest BCUT2D eigenvalue weighted by Crippen LogP contribution is -2.53. The van der Waals surface area contributed by atoms with Crippen LogP contribution in [0.5, 0.6) is 0 Å². The fraction of sp³-hybridized carbons (Fsp3) is 0.857. The van der Waals surface area contributed by atoms with Crippen molar-refractivity contribution in [1.29, 1.82) is 0 Å². The normalized spacial score (nSPS) is 27.9. The molecular formula is C14H25N3O2. The van der Waals surface area contributed by atoms with E-state index in [1.165, 1.54) is 6.42 Å². The summed E-state index contributed by atoms with van der Waals surface area (Å²) in [6.45, 7) is 5.02. The molecule has 2 unspecified atom stereocenters. The summed E-state index contributed by atoms with van der Waals surface area (Å²) in [5.74, 6) is -0.0721. The molecule has 5 heteroatoms. The van der Waals surface area contributed by atoms with Gasteiger partial charge in [-0.1, -0.05) is 26.2 Å². The summed E-state index contributed by atoms with van der Waals surface area (Å²) >= 11 is 0. The Balaban J connectivity index is 1.80. The molecule has 0 aromatic carbocycles. The van der Waals surface area contributed by atoms with Crippen molar-refractivity contribution in [3.05, 3.63) is 0 Å². The standard InChI is InChI=1S/C14H25N3O2/c1-2-11-4-3-5-12(10-11)16-13(18)14(19)17-8-6-15-7-9-17/h11-12,15H,2-10H2,1H3,(H,16,18). The van der Waals surface area contributed by atoms with Gasteiger partial charge in [-0.05, 0) is 18.8 Å². The molecule has 2 rings (SSSR count). The van der Waals surface area contributed by atoms with Gasteiger partial charge >= 0.3 is 11.8 Å². The largest absolute Gasteiger partial charge is 0.345 e. The molecule has 0 bridgehead atoms. The maximum Gasteiger partial charge on any atom is 0.311 e. The monoisotopic (exact) mass is 267 g/mol. The Bertz CT molecular complexity index is 327. The number of rotatable bonds is 2. The SMILES string of the molecule is CCC1CCCC(NC(=O)C(=O)N2CCNCC2)C1. The molecule has 0 radical (unpaired) electrons. The average molecular weight is 267 g/mol. The van der Waals surface area contributed by atoms with Gasteiger partial charge in [-0.2, -0.15) is 0 Å². The van der Waals surface area contributed by atoms with Crippen LogP contribution in [-0.4, -0.2) is 48.9 Å². The molecule has 2 N–H and O–H groups in total. The van der Waals surface area contributed by atoms with E-state index in [0.29, 0.717) is 19.0 Å². The lowest BCUT2D eigenvalue weighted by molar-refractivity contribution is -0.146. The van der Waals surface area contributed by atoms with Crippen LogP contribution in [0.1, 0.15) is 39.0 Å².